The number of fused-ring (bicyclic) bond motifs is 4. The monoisotopic (exact) mass is 407 g/mol. The normalized spacial score (nSPS) is 20.0. The first-order valence-corrected chi connectivity index (χ1v) is 10.1. The molecule has 0 aliphatic carbocycles. The van der Waals surface area contributed by atoms with Crippen molar-refractivity contribution in [3.05, 3.63) is 70.7 Å². The zero-order chi connectivity index (χ0) is 20.7. The molecule has 5 rings (SSSR count). The Kier molecular flexibility index (Phi) is 4.61. The van der Waals surface area contributed by atoms with E-state index in [1.165, 1.54) is 12.1 Å². The number of H-pyrrole nitrogens is 1. The van der Waals surface area contributed by atoms with Gasteiger partial charge in [0.1, 0.15) is 11.6 Å². The minimum atomic E-state index is -0.306. The van der Waals surface area contributed by atoms with Gasteiger partial charge >= 0.3 is 0 Å². The largest absolute Gasteiger partial charge is 0.376 e. The summed E-state index contributed by atoms with van der Waals surface area (Å²) in [5.74, 6) is 0.674. The van der Waals surface area contributed by atoms with Crippen LogP contribution in [-0.4, -0.2) is 45.0 Å². The second-order valence-corrected chi connectivity index (χ2v) is 7.98. The molecule has 0 radical (unpaired) electrons. The lowest BCUT2D eigenvalue weighted by atomic mass is 9.83. The van der Waals surface area contributed by atoms with Crippen molar-refractivity contribution < 1.29 is 9.18 Å². The Morgan fingerprint density at radius 1 is 1.17 bits per heavy atom. The molecule has 1 amide bonds. The van der Waals surface area contributed by atoms with Gasteiger partial charge < -0.3 is 19.8 Å². The van der Waals surface area contributed by atoms with Crippen molar-refractivity contribution in [2.75, 3.05) is 25.0 Å². The van der Waals surface area contributed by atoms with Gasteiger partial charge in [-0.1, -0.05) is 0 Å². The number of pyridine rings is 1. The van der Waals surface area contributed by atoms with Crippen LogP contribution in [0.5, 0.6) is 0 Å². The first-order chi connectivity index (χ1) is 14.6. The quantitative estimate of drug-likeness (QED) is 0.696. The van der Waals surface area contributed by atoms with Gasteiger partial charge in [0.25, 0.3) is 5.56 Å². The zero-order valence-corrected chi connectivity index (χ0v) is 16.3. The summed E-state index contributed by atoms with van der Waals surface area (Å²) in [6.07, 6.45) is 4.32. The molecule has 154 valence electrons. The summed E-state index contributed by atoms with van der Waals surface area (Å²) in [6, 6.07) is 9.78. The molecule has 4 heterocycles. The van der Waals surface area contributed by atoms with Crippen LogP contribution in [0.2, 0.25) is 0 Å². The van der Waals surface area contributed by atoms with Crippen molar-refractivity contribution in [3.63, 3.8) is 0 Å². The molecule has 2 bridgehead atoms. The molecule has 2 N–H and O–H groups in total. The van der Waals surface area contributed by atoms with E-state index in [0.29, 0.717) is 36.7 Å². The number of imidazole rings is 1. The summed E-state index contributed by atoms with van der Waals surface area (Å²) >= 11 is 0. The van der Waals surface area contributed by atoms with E-state index in [0.717, 1.165) is 12.1 Å². The number of likely N-dealkylation sites (tertiary alicyclic amines) is 1. The molecule has 2 atom stereocenters. The highest BCUT2D eigenvalue weighted by Gasteiger charge is 2.36. The number of amides is 1. The average molecular weight is 407 g/mol. The van der Waals surface area contributed by atoms with Crippen LogP contribution < -0.4 is 10.9 Å². The maximum atomic E-state index is 13.0. The molecule has 0 unspecified atom stereocenters. The molecule has 1 saturated heterocycles. The summed E-state index contributed by atoms with van der Waals surface area (Å²) in [5, 5.41) is 3.06. The van der Waals surface area contributed by atoms with Crippen molar-refractivity contribution in [1.29, 1.82) is 0 Å². The Morgan fingerprint density at radius 3 is 2.77 bits per heavy atom. The topological polar surface area (TPSA) is 83.0 Å². The molecular weight excluding hydrogens is 385 g/mol. The molecule has 8 heteroatoms. The SMILES string of the molecule is O=C(CNc1ccc(F)cc1)N1C[C@@H]2C[C@H](C1)c1ccc(-c3ncc[nH]3)c(=O)n1C2. The fourth-order valence-corrected chi connectivity index (χ4v) is 4.60. The highest BCUT2D eigenvalue weighted by molar-refractivity contribution is 5.81. The first-order valence-electron chi connectivity index (χ1n) is 10.1. The van der Waals surface area contributed by atoms with E-state index in [9.17, 15) is 14.0 Å². The lowest BCUT2D eigenvalue weighted by Gasteiger charge is -2.43. The molecule has 2 aromatic heterocycles. The molecule has 2 aliphatic rings. The van der Waals surface area contributed by atoms with Crippen LogP contribution in [0.25, 0.3) is 11.4 Å². The standard InChI is InChI=1S/C22H22FN5O2/c23-16-1-3-17(4-2-16)26-10-20(29)27-11-14-9-15(13-27)19-6-5-18(21-24-7-8-25-21)22(30)28(19)12-14/h1-8,14-15,26H,9-13H2,(H,24,25)/t14-,15+/m0/s1. The van der Waals surface area contributed by atoms with Gasteiger partial charge in [0.15, 0.2) is 0 Å². The van der Waals surface area contributed by atoms with E-state index in [-0.39, 0.29) is 35.7 Å². The van der Waals surface area contributed by atoms with Crippen molar-refractivity contribution in [1.82, 2.24) is 19.4 Å². The number of nitrogens with zero attached hydrogens (tertiary/aromatic N) is 3. The van der Waals surface area contributed by atoms with E-state index < -0.39 is 0 Å². The number of aromatic amines is 1. The number of hydrogen-bond acceptors (Lipinski definition) is 4. The minimum Gasteiger partial charge on any atom is -0.376 e. The second kappa shape index (κ2) is 7.44. The van der Waals surface area contributed by atoms with Crippen LogP contribution in [0.3, 0.4) is 0 Å². The zero-order valence-electron chi connectivity index (χ0n) is 16.3. The molecule has 1 fully saturated rings. The Morgan fingerprint density at radius 2 is 2.00 bits per heavy atom. The third kappa shape index (κ3) is 3.38. The molecular formula is C22H22FN5O2. The van der Waals surface area contributed by atoms with Crippen molar-refractivity contribution in [2.45, 2.75) is 18.9 Å². The molecule has 2 aliphatic heterocycles. The van der Waals surface area contributed by atoms with Crippen molar-refractivity contribution in [2.24, 2.45) is 5.92 Å². The molecule has 3 aromatic rings. The summed E-state index contributed by atoms with van der Waals surface area (Å²) in [4.78, 5) is 34.9. The smallest absolute Gasteiger partial charge is 0.261 e. The minimum absolute atomic E-state index is 0.0111. The van der Waals surface area contributed by atoms with Crippen molar-refractivity contribution >= 4 is 11.6 Å². The molecule has 30 heavy (non-hydrogen) atoms. The lowest BCUT2D eigenvalue weighted by molar-refractivity contribution is -0.132. The van der Waals surface area contributed by atoms with Gasteiger partial charge in [-0.25, -0.2) is 9.37 Å². The van der Waals surface area contributed by atoms with Gasteiger partial charge in [0.05, 0.1) is 12.1 Å². The van der Waals surface area contributed by atoms with Crippen molar-refractivity contribution in [3.8, 4) is 11.4 Å². The van der Waals surface area contributed by atoms with Crippen LogP contribution in [0.15, 0.2) is 53.6 Å². The third-order valence-electron chi connectivity index (χ3n) is 6.00. The van der Waals surface area contributed by atoms with Crippen LogP contribution in [0.4, 0.5) is 10.1 Å². The van der Waals surface area contributed by atoms with Gasteiger partial charge in [-0.2, -0.15) is 0 Å². The number of anilines is 1. The summed E-state index contributed by atoms with van der Waals surface area (Å²) in [5.41, 5.74) is 2.23. The summed E-state index contributed by atoms with van der Waals surface area (Å²) < 4.78 is 14.9. The van der Waals surface area contributed by atoms with Gasteiger partial charge in [0, 0.05) is 49.3 Å². The maximum absolute atomic E-state index is 13.0. The van der Waals surface area contributed by atoms with Crippen LogP contribution in [-0.2, 0) is 11.3 Å². The van der Waals surface area contributed by atoms with Crippen LogP contribution >= 0.6 is 0 Å². The highest BCUT2D eigenvalue weighted by atomic mass is 19.1. The predicted molar refractivity (Wildman–Crippen MR) is 111 cm³/mol. The Labute approximate surface area is 172 Å². The lowest BCUT2D eigenvalue weighted by Crippen LogP contribution is -2.50. The number of carbonyl (C=O) groups excluding carboxylic acids is 1. The average Bonchev–Trinajstić information content (AvgIpc) is 3.28. The number of piperidine rings is 1. The highest BCUT2D eigenvalue weighted by Crippen LogP contribution is 2.35. The van der Waals surface area contributed by atoms with Gasteiger partial charge in [0.2, 0.25) is 5.91 Å². The summed E-state index contributed by atoms with van der Waals surface area (Å²) in [7, 11) is 0. The van der Waals surface area contributed by atoms with E-state index in [1.807, 2.05) is 21.6 Å². The number of rotatable bonds is 4. The number of halogens is 1. The van der Waals surface area contributed by atoms with E-state index >= 15 is 0 Å². The molecule has 0 saturated carbocycles. The molecule has 0 spiro atoms. The van der Waals surface area contributed by atoms with E-state index in [4.69, 9.17) is 0 Å². The van der Waals surface area contributed by atoms with Gasteiger partial charge in [-0.05, 0) is 48.7 Å². The van der Waals surface area contributed by atoms with Crippen LogP contribution in [0, 0.1) is 11.7 Å². The van der Waals surface area contributed by atoms with E-state index in [1.54, 1.807) is 24.5 Å². The van der Waals surface area contributed by atoms with Gasteiger partial charge in [-0.3, -0.25) is 9.59 Å². The summed E-state index contributed by atoms with van der Waals surface area (Å²) in [6.45, 7) is 2.00. The number of hydrogen-bond donors (Lipinski definition) is 2. The Bertz CT molecular complexity index is 1120. The fourth-order valence-electron chi connectivity index (χ4n) is 4.60. The number of carbonyl (C=O) groups is 1. The molecule has 1 aromatic carbocycles. The maximum Gasteiger partial charge on any atom is 0.261 e. The Hall–Kier alpha value is -3.42. The number of benzene rings is 1. The number of aromatic nitrogens is 3. The second-order valence-electron chi connectivity index (χ2n) is 7.98. The third-order valence-corrected chi connectivity index (χ3v) is 6.00. The van der Waals surface area contributed by atoms with Crippen LogP contribution in [0.1, 0.15) is 18.0 Å². The number of nitrogens with one attached hydrogen (secondary N) is 2. The molecule has 7 nitrogen and oxygen atoms in total. The predicted octanol–water partition coefficient (Wildman–Crippen LogP) is 2.44. The Balaban J connectivity index is 1.32. The first kappa shape index (κ1) is 18.6. The van der Waals surface area contributed by atoms with E-state index in [2.05, 4.69) is 15.3 Å². The fraction of sp³-hybridized carbons (Fsp3) is 0.318. The van der Waals surface area contributed by atoms with Gasteiger partial charge in [-0.15, -0.1) is 0 Å².